The Morgan fingerprint density at radius 3 is 2.80 bits per heavy atom. The van der Waals surface area contributed by atoms with Crippen LogP contribution in [0.1, 0.15) is 50.0 Å². The minimum Gasteiger partial charge on any atom is -0.497 e. The van der Waals surface area contributed by atoms with Gasteiger partial charge in [-0.3, -0.25) is 0 Å². The summed E-state index contributed by atoms with van der Waals surface area (Å²) in [6, 6.07) is 5.96. The summed E-state index contributed by atoms with van der Waals surface area (Å²) in [6.07, 6.45) is 2.85. The lowest BCUT2D eigenvalue weighted by atomic mass is 9.99. The molecule has 1 aromatic rings. The lowest BCUT2D eigenvalue weighted by Crippen LogP contribution is -2.43. The maximum atomic E-state index is 10.3. The van der Waals surface area contributed by atoms with Gasteiger partial charge in [0, 0.05) is 18.6 Å². The van der Waals surface area contributed by atoms with E-state index in [1.807, 2.05) is 12.1 Å². The molecule has 1 aromatic carbocycles. The molecule has 2 rings (SSSR count). The molecular formula is C20H32N2O3. The van der Waals surface area contributed by atoms with Gasteiger partial charge in [-0.2, -0.15) is 0 Å². The van der Waals surface area contributed by atoms with Crippen LogP contribution in [0.15, 0.2) is 30.9 Å². The molecule has 0 unspecified atom stereocenters. The van der Waals surface area contributed by atoms with Crippen LogP contribution in [0.3, 0.4) is 0 Å². The second kappa shape index (κ2) is 9.34. The van der Waals surface area contributed by atoms with E-state index in [-0.39, 0.29) is 18.2 Å². The van der Waals surface area contributed by atoms with E-state index in [0.717, 1.165) is 24.2 Å². The molecule has 0 amide bonds. The SMILES string of the molecule is C=CCO[C@@H]1C[C@H](NC[C@@H](O)[C@@H](N)CC(C)C)c2cc(OC)ccc21. The van der Waals surface area contributed by atoms with Crippen molar-refractivity contribution in [2.24, 2.45) is 11.7 Å². The Kier molecular flexibility index (Phi) is 7.44. The van der Waals surface area contributed by atoms with Gasteiger partial charge in [-0.15, -0.1) is 6.58 Å². The number of hydrogen-bond donors (Lipinski definition) is 3. The number of rotatable bonds is 10. The van der Waals surface area contributed by atoms with Gasteiger partial charge in [-0.05, 0) is 42.0 Å². The maximum absolute atomic E-state index is 10.3. The van der Waals surface area contributed by atoms with Gasteiger partial charge in [-0.25, -0.2) is 0 Å². The minimum absolute atomic E-state index is 0.0258. The topological polar surface area (TPSA) is 76.7 Å². The number of hydrogen-bond acceptors (Lipinski definition) is 5. The number of aliphatic hydroxyl groups is 1. The summed E-state index contributed by atoms with van der Waals surface area (Å²) >= 11 is 0. The van der Waals surface area contributed by atoms with Gasteiger partial charge in [0.15, 0.2) is 0 Å². The Bertz CT molecular complexity index is 562. The predicted molar refractivity (Wildman–Crippen MR) is 101 cm³/mol. The van der Waals surface area contributed by atoms with Gasteiger partial charge in [0.25, 0.3) is 0 Å². The van der Waals surface area contributed by atoms with E-state index in [1.165, 1.54) is 5.56 Å². The summed E-state index contributed by atoms with van der Waals surface area (Å²) in [6.45, 7) is 8.92. The van der Waals surface area contributed by atoms with E-state index in [2.05, 4.69) is 31.8 Å². The Hall–Kier alpha value is -1.40. The van der Waals surface area contributed by atoms with Crippen LogP contribution in [0.5, 0.6) is 5.75 Å². The van der Waals surface area contributed by atoms with E-state index >= 15 is 0 Å². The smallest absolute Gasteiger partial charge is 0.119 e. The van der Waals surface area contributed by atoms with E-state index in [0.29, 0.717) is 19.1 Å². The van der Waals surface area contributed by atoms with E-state index in [4.69, 9.17) is 15.2 Å². The fraction of sp³-hybridized carbons (Fsp3) is 0.600. The Balaban J connectivity index is 2.04. The summed E-state index contributed by atoms with van der Waals surface area (Å²) in [5.74, 6) is 1.30. The quantitative estimate of drug-likeness (QED) is 0.567. The van der Waals surface area contributed by atoms with Gasteiger partial charge < -0.3 is 25.6 Å². The molecule has 0 radical (unpaired) electrons. The number of aliphatic hydroxyl groups excluding tert-OH is 1. The van der Waals surface area contributed by atoms with Crippen molar-refractivity contribution < 1.29 is 14.6 Å². The number of fused-ring (bicyclic) bond motifs is 1. The summed E-state index contributed by atoms with van der Waals surface area (Å²) in [5, 5.41) is 13.8. The van der Waals surface area contributed by atoms with Gasteiger partial charge in [0.05, 0.1) is 25.9 Å². The van der Waals surface area contributed by atoms with Crippen LogP contribution < -0.4 is 15.8 Å². The normalized spacial score (nSPS) is 21.8. The average molecular weight is 348 g/mol. The van der Waals surface area contributed by atoms with Crippen molar-refractivity contribution in [3.63, 3.8) is 0 Å². The van der Waals surface area contributed by atoms with E-state index in [9.17, 15) is 5.11 Å². The van der Waals surface area contributed by atoms with Crippen molar-refractivity contribution in [3.8, 4) is 5.75 Å². The number of nitrogens with two attached hydrogens (primary N) is 1. The summed E-state index contributed by atoms with van der Waals surface area (Å²) in [4.78, 5) is 0. The van der Waals surface area contributed by atoms with Crippen LogP contribution in [0.25, 0.3) is 0 Å². The molecule has 140 valence electrons. The predicted octanol–water partition coefficient (Wildman–Crippen LogP) is 2.71. The van der Waals surface area contributed by atoms with Gasteiger partial charge in [0.2, 0.25) is 0 Å². The minimum atomic E-state index is -0.565. The van der Waals surface area contributed by atoms with E-state index in [1.54, 1.807) is 13.2 Å². The number of benzene rings is 1. The Morgan fingerprint density at radius 2 is 2.16 bits per heavy atom. The first kappa shape index (κ1) is 19.9. The second-order valence-corrected chi connectivity index (χ2v) is 7.16. The van der Waals surface area contributed by atoms with Crippen molar-refractivity contribution in [3.05, 3.63) is 42.0 Å². The third kappa shape index (κ3) is 5.28. The number of nitrogens with one attached hydrogen (secondary N) is 1. The van der Waals surface area contributed by atoms with E-state index < -0.39 is 6.10 Å². The molecule has 0 spiro atoms. The van der Waals surface area contributed by atoms with Crippen LogP contribution in [-0.4, -0.2) is 37.5 Å². The number of methoxy groups -OCH3 is 1. The molecule has 0 saturated heterocycles. The molecule has 0 aromatic heterocycles. The monoisotopic (exact) mass is 348 g/mol. The third-order valence-electron chi connectivity index (χ3n) is 4.69. The first-order chi connectivity index (χ1) is 12.0. The molecule has 5 heteroatoms. The largest absolute Gasteiger partial charge is 0.497 e. The fourth-order valence-electron chi connectivity index (χ4n) is 3.39. The van der Waals surface area contributed by atoms with Crippen molar-refractivity contribution in [2.45, 2.75) is 51.0 Å². The average Bonchev–Trinajstić information content (AvgIpc) is 2.94. The molecule has 0 bridgehead atoms. The zero-order valence-corrected chi connectivity index (χ0v) is 15.6. The highest BCUT2D eigenvalue weighted by Gasteiger charge is 2.32. The number of ether oxygens (including phenoxy) is 2. The lowest BCUT2D eigenvalue weighted by Gasteiger charge is -2.23. The second-order valence-electron chi connectivity index (χ2n) is 7.16. The molecule has 0 saturated carbocycles. The molecule has 0 aliphatic heterocycles. The third-order valence-corrected chi connectivity index (χ3v) is 4.69. The van der Waals surface area contributed by atoms with Crippen LogP contribution in [0.2, 0.25) is 0 Å². The van der Waals surface area contributed by atoms with Gasteiger partial charge >= 0.3 is 0 Å². The highest BCUT2D eigenvalue weighted by molar-refractivity contribution is 5.42. The molecule has 4 atom stereocenters. The molecule has 4 N–H and O–H groups in total. The van der Waals surface area contributed by atoms with Crippen LogP contribution in [0.4, 0.5) is 0 Å². The van der Waals surface area contributed by atoms with Crippen molar-refractivity contribution in [1.82, 2.24) is 5.32 Å². The van der Waals surface area contributed by atoms with Crippen LogP contribution in [-0.2, 0) is 4.74 Å². The first-order valence-corrected chi connectivity index (χ1v) is 9.03. The molecule has 0 fully saturated rings. The van der Waals surface area contributed by atoms with Crippen molar-refractivity contribution in [1.29, 1.82) is 0 Å². The van der Waals surface area contributed by atoms with Gasteiger partial charge in [-0.1, -0.05) is 26.0 Å². The Morgan fingerprint density at radius 1 is 1.40 bits per heavy atom. The highest BCUT2D eigenvalue weighted by atomic mass is 16.5. The van der Waals surface area contributed by atoms with Crippen molar-refractivity contribution in [2.75, 3.05) is 20.3 Å². The van der Waals surface area contributed by atoms with Crippen molar-refractivity contribution >= 4 is 0 Å². The van der Waals surface area contributed by atoms with Gasteiger partial charge in [0.1, 0.15) is 5.75 Å². The fourth-order valence-corrected chi connectivity index (χ4v) is 3.39. The molecule has 1 aliphatic carbocycles. The molecular weight excluding hydrogens is 316 g/mol. The zero-order chi connectivity index (χ0) is 18.4. The van der Waals surface area contributed by atoms with Crippen LogP contribution in [0, 0.1) is 5.92 Å². The molecule has 0 heterocycles. The zero-order valence-electron chi connectivity index (χ0n) is 15.6. The molecule has 5 nitrogen and oxygen atoms in total. The summed E-state index contributed by atoms with van der Waals surface area (Å²) in [7, 11) is 1.67. The lowest BCUT2D eigenvalue weighted by molar-refractivity contribution is 0.0675. The van der Waals surface area contributed by atoms with Crippen LogP contribution >= 0.6 is 0 Å². The molecule has 1 aliphatic rings. The highest BCUT2D eigenvalue weighted by Crippen LogP contribution is 2.42. The maximum Gasteiger partial charge on any atom is 0.119 e. The summed E-state index contributed by atoms with van der Waals surface area (Å²) < 4.78 is 11.3. The first-order valence-electron chi connectivity index (χ1n) is 9.03. The summed E-state index contributed by atoms with van der Waals surface area (Å²) in [5.41, 5.74) is 8.42. The standard InChI is InChI=1S/C20H32N2O3/c1-5-8-25-20-11-18(16-10-14(24-4)6-7-15(16)20)22-12-19(23)17(21)9-13(2)3/h5-7,10,13,17-20,22-23H,1,8-9,11-12,21H2,2-4H3/t17-,18-,19+,20+/m0/s1. The Labute approximate surface area is 151 Å². The molecule has 25 heavy (non-hydrogen) atoms.